The number of nitrogens with two attached hydrogens (primary N) is 1. The molecule has 5 nitrogen and oxygen atoms in total. The summed E-state index contributed by atoms with van der Waals surface area (Å²) in [5.74, 6) is 0.691. The number of hydrogen-bond acceptors (Lipinski definition) is 4. The first-order chi connectivity index (χ1) is 9.60. The van der Waals surface area contributed by atoms with Crippen molar-refractivity contribution in [2.75, 3.05) is 12.8 Å². The Balaban J connectivity index is 2.06. The molecule has 3 N–H and O–H groups in total. The minimum Gasteiger partial charge on any atom is -0.497 e. The zero-order chi connectivity index (χ0) is 14.5. The van der Waals surface area contributed by atoms with Gasteiger partial charge >= 0.3 is 0 Å². The second kappa shape index (κ2) is 6.25. The molecule has 0 bridgehead atoms. The van der Waals surface area contributed by atoms with Gasteiger partial charge in [0.15, 0.2) is 0 Å². The summed E-state index contributed by atoms with van der Waals surface area (Å²) < 4.78 is 5.12. The fourth-order valence-corrected chi connectivity index (χ4v) is 1.88. The van der Waals surface area contributed by atoms with Crippen LogP contribution in [-0.2, 0) is 6.54 Å². The molecule has 2 aromatic rings. The lowest BCUT2D eigenvalue weighted by Crippen LogP contribution is -2.23. The van der Waals surface area contributed by atoms with E-state index in [2.05, 4.69) is 10.3 Å². The van der Waals surface area contributed by atoms with E-state index >= 15 is 0 Å². The average Bonchev–Trinajstić information content (AvgIpc) is 2.47. The highest BCUT2D eigenvalue weighted by molar-refractivity contribution is 6.33. The topological polar surface area (TPSA) is 77.2 Å². The summed E-state index contributed by atoms with van der Waals surface area (Å²) in [5.41, 5.74) is 6.78. The largest absolute Gasteiger partial charge is 0.497 e. The summed E-state index contributed by atoms with van der Waals surface area (Å²) in [6.45, 7) is 0.370. The fraction of sp³-hybridized carbons (Fsp3) is 0.143. The van der Waals surface area contributed by atoms with Crippen molar-refractivity contribution in [2.24, 2.45) is 0 Å². The van der Waals surface area contributed by atoms with E-state index in [1.54, 1.807) is 7.11 Å². The van der Waals surface area contributed by atoms with E-state index in [4.69, 9.17) is 22.1 Å². The van der Waals surface area contributed by atoms with Gasteiger partial charge in [0.1, 0.15) is 11.6 Å². The molecular weight excluding hydrogens is 278 g/mol. The zero-order valence-corrected chi connectivity index (χ0v) is 11.6. The number of hydrogen-bond donors (Lipinski definition) is 2. The van der Waals surface area contributed by atoms with Crippen LogP contribution in [0.5, 0.6) is 5.75 Å². The summed E-state index contributed by atoms with van der Waals surface area (Å²) in [5, 5.41) is 3.04. The number of nitrogens with one attached hydrogen (secondary N) is 1. The Morgan fingerprint density at radius 1 is 1.45 bits per heavy atom. The van der Waals surface area contributed by atoms with Crippen molar-refractivity contribution in [3.63, 3.8) is 0 Å². The van der Waals surface area contributed by atoms with Crippen LogP contribution in [0.25, 0.3) is 0 Å². The first-order valence-corrected chi connectivity index (χ1v) is 6.30. The van der Waals surface area contributed by atoms with Crippen molar-refractivity contribution in [3.05, 3.63) is 52.7 Å². The van der Waals surface area contributed by atoms with E-state index in [-0.39, 0.29) is 16.7 Å². The smallest absolute Gasteiger partial charge is 0.253 e. The standard InChI is InChI=1S/C14H14ClN3O2/c1-20-10-4-2-3-9(5-10)7-18-14(19)11-6-13(16)17-8-12(11)15/h2-6,8H,7H2,1H3,(H2,16,17)(H,18,19). The van der Waals surface area contributed by atoms with Crippen LogP contribution < -0.4 is 15.8 Å². The number of nitrogen functional groups attached to an aromatic ring is 1. The van der Waals surface area contributed by atoms with Crippen molar-refractivity contribution < 1.29 is 9.53 Å². The maximum atomic E-state index is 12.0. The minimum absolute atomic E-state index is 0.251. The molecule has 0 unspecified atom stereocenters. The van der Waals surface area contributed by atoms with Crippen LogP contribution in [-0.4, -0.2) is 18.0 Å². The van der Waals surface area contributed by atoms with Crippen LogP contribution in [0, 0.1) is 0 Å². The maximum Gasteiger partial charge on any atom is 0.253 e. The molecule has 1 heterocycles. The molecule has 6 heteroatoms. The van der Waals surface area contributed by atoms with Crippen LogP contribution >= 0.6 is 11.6 Å². The van der Waals surface area contributed by atoms with Crippen molar-refractivity contribution in [2.45, 2.75) is 6.54 Å². The molecule has 0 aliphatic carbocycles. The van der Waals surface area contributed by atoms with Gasteiger partial charge in [-0.15, -0.1) is 0 Å². The molecule has 0 radical (unpaired) electrons. The van der Waals surface area contributed by atoms with E-state index in [1.807, 2.05) is 24.3 Å². The van der Waals surface area contributed by atoms with E-state index in [1.165, 1.54) is 12.3 Å². The van der Waals surface area contributed by atoms with Crippen LogP contribution in [0.2, 0.25) is 5.02 Å². The summed E-state index contributed by atoms with van der Waals surface area (Å²) >= 11 is 5.92. The lowest BCUT2D eigenvalue weighted by Gasteiger charge is -2.08. The highest BCUT2D eigenvalue weighted by atomic mass is 35.5. The van der Waals surface area contributed by atoms with Gasteiger partial charge in [0.2, 0.25) is 0 Å². The number of rotatable bonds is 4. The third-order valence-corrected chi connectivity index (χ3v) is 3.01. The van der Waals surface area contributed by atoms with Gasteiger partial charge in [-0.1, -0.05) is 23.7 Å². The van der Waals surface area contributed by atoms with Crippen LogP contribution in [0.15, 0.2) is 36.5 Å². The van der Waals surface area contributed by atoms with Gasteiger partial charge in [-0.3, -0.25) is 4.79 Å². The molecular formula is C14H14ClN3O2. The van der Waals surface area contributed by atoms with E-state index in [0.717, 1.165) is 11.3 Å². The number of anilines is 1. The van der Waals surface area contributed by atoms with Crippen LogP contribution in [0.4, 0.5) is 5.82 Å². The number of amides is 1. The van der Waals surface area contributed by atoms with Crippen molar-refractivity contribution in [1.82, 2.24) is 10.3 Å². The molecule has 1 aromatic heterocycles. The number of benzene rings is 1. The predicted octanol–water partition coefficient (Wildman–Crippen LogP) is 2.26. The minimum atomic E-state index is -0.299. The number of aromatic nitrogens is 1. The molecule has 0 saturated heterocycles. The molecule has 0 fully saturated rings. The number of nitrogens with zero attached hydrogens (tertiary/aromatic N) is 1. The fourth-order valence-electron chi connectivity index (χ4n) is 1.69. The van der Waals surface area contributed by atoms with Gasteiger partial charge in [0.25, 0.3) is 5.91 Å². The lowest BCUT2D eigenvalue weighted by atomic mass is 10.2. The Kier molecular flexibility index (Phi) is 4.42. The predicted molar refractivity (Wildman–Crippen MR) is 77.8 cm³/mol. The van der Waals surface area contributed by atoms with E-state index in [9.17, 15) is 4.79 Å². The Morgan fingerprint density at radius 3 is 3.00 bits per heavy atom. The molecule has 0 aliphatic heterocycles. The SMILES string of the molecule is COc1cccc(CNC(=O)c2cc(N)ncc2Cl)c1. The van der Waals surface area contributed by atoms with Crippen molar-refractivity contribution in [3.8, 4) is 5.75 Å². The Bertz CT molecular complexity index is 632. The highest BCUT2D eigenvalue weighted by Gasteiger charge is 2.11. The Labute approximate surface area is 121 Å². The molecule has 1 aromatic carbocycles. The van der Waals surface area contributed by atoms with Gasteiger partial charge in [-0.25, -0.2) is 4.98 Å². The molecule has 2 rings (SSSR count). The quantitative estimate of drug-likeness (QED) is 0.906. The summed E-state index contributed by atoms with van der Waals surface area (Å²) in [6.07, 6.45) is 1.36. The third-order valence-electron chi connectivity index (χ3n) is 2.71. The number of methoxy groups -OCH3 is 1. The van der Waals surface area contributed by atoms with Crippen LogP contribution in [0.1, 0.15) is 15.9 Å². The number of carbonyl (C=O) groups is 1. The highest BCUT2D eigenvalue weighted by Crippen LogP contribution is 2.17. The van der Waals surface area contributed by atoms with Crippen molar-refractivity contribution in [1.29, 1.82) is 0 Å². The number of ether oxygens (including phenoxy) is 1. The third kappa shape index (κ3) is 3.39. The molecule has 0 saturated carbocycles. The molecule has 0 spiro atoms. The van der Waals surface area contributed by atoms with Crippen LogP contribution in [0.3, 0.4) is 0 Å². The van der Waals surface area contributed by atoms with Gasteiger partial charge < -0.3 is 15.8 Å². The summed E-state index contributed by atoms with van der Waals surface area (Å²) in [7, 11) is 1.59. The molecule has 0 aliphatic rings. The average molecular weight is 292 g/mol. The zero-order valence-electron chi connectivity index (χ0n) is 10.9. The normalized spacial score (nSPS) is 10.1. The second-order valence-electron chi connectivity index (χ2n) is 4.12. The van der Waals surface area contributed by atoms with Gasteiger partial charge in [0.05, 0.1) is 17.7 Å². The van der Waals surface area contributed by atoms with E-state index < -0.39 is 0 Å². The summed E-state index contributed by atoms with van der Waals surface area (Å²) in [4.78, 5) is 15.8. The first-order valence-electron chi connectivity index (χ1n) is 5.92. The monoisotopic (exact) mass is 291 g/mol. The lowest BCUT2D eigenvalue weighted by molar-refractivity contribution is 0.0951. The number of pyridine rings is 1. The van der Waals surface area contributed by atoms with Gasteiger partial charge in [0, 0.05) is 12.7 Å². The van der Waals surface area contributed by atoms with E-state index in [0.29, 0.717) is 12.1 Å². The number of halogens is 1. The Morgan fingerprint density at radius 2 is 2.25 bits per heavy atom. The van der Waals surface area contributed by atoms with Gasteiger partial charge in [-0.2, -0.15) is 0 Å². The molecule has 20 heavy (non-hydrogen) atoms. The summed E-state index contributed by atoms with van der Waals surface area (Å²) in [6, 6.07) is 8.89. The first kappa shape index (κ1) is 14.1. The second-order valence-corrected chi connectivity index (χ2v) is 4.53. The molecule has 104 valence electrons. The van der Waals surface area contributed by atoms with Gasteiger partial charge in [-0.05, 0) is 23.8 Å². The Hall–Kier alpha value is -2.27. The number of carbonyl (C=O) groups excluding carboxylic acids is 1. The van der Waals surface area contributed by atoms with Crippen molar-refractivity contribution >= 4 is 23.3 Å². The maximum absolute atomic E-state index is 12.0. The molecule has 1 amide bonds. The molecule has 0 atom stereocenters.